The van der Waals surface area contributed by atoms with Crippen LogP contribution in [0, 0.1) is 11.8 Å². The van der Waals surface area contributed by atoms with Crippen LogP contribution >= 0.6 is 0 Å². The molecule has 1 heterocycles. The van der Waals surface area contributed by atoms with Crippen LogP contribution in [0.3, 0.4) is 0 Å². The Morgan fingerprint density at radius 2 is 1.83 bits per heavy atom. The van der Waals surface area contributed by atoms with E-state index in [0.717, 1.165) is 31.2 Å². The molecule has 0 bridgehead atoms. The summed E-state index contributed by atoms with van der Waals surface area (Å²) in [4.78, 5) is 26.8. The van der Waals surface area contributed by atoms with E-state index in [1.54, 1.807) is 24.3 Å². The molecule has 29 heavy (non-hydrogen) atoms. The summed E-state index contributed by atoms with van der Waals surface area (Å²) in [5.74, 6) is 1.43. The van der Waals surface area contributed by atoms with Crippen LogP contribution in [0.25, 0.3) is 0 Å². The monoisotopic (exact) mass is 403 g/mol. The smallest absolute Gasteiger partial charge is 0.412 e. The molecule has 0 aromatic heterocycles. The molecule has 2 unspecified atom stereocenters. The van der Waals surface area contributed by atoms with Gasteiger partial charge in [0.15, 0.2) is 0 Å². The largest absolute Gasteiger partial charge is 0.444 e. The summed E-state index contributed by atoms with van der Waals surface area (Å²) in [5.41, 5.74) is 0.501. The van der Waals surface area contributed by atoms with Gasteiger partial charge in [-0.05, 0) is 76.6 Å². The predicted octanol–water partition coefficient (Wildman–Crippen LogP) is 4.52. The number of amides is 2. The Balaban J connectivity index is 1.71. The topological polar surface area (TPSA) is 70.7 Å². The molecule has 0 spiro atoms. The first-order valence-corrected chi connectivity index (χ1v) is 10.7. The Hall–Kier alpha value is -2.08. The van der Waals surface area contributed by atoms with E-state index in [9.17, 15) is 9.59 Å². The fraction of sp³-hybridized carbons (Fsp3) is 0.652. The molecule has 0 aliphatic carbocycles. The van der Waals surface area contributed by atoms with E-state index in [4.69, 9.17) is 4.74 Å². The molecule has 0 saturated carbocycles. The van der Waals surface area contributed by atoms with Gasteiger partial charge in [0.05, 0.1) is 0 Å². The highest BCUT2D eigenvalue weighted by Crippen LogP contribution is 2.21. The van der Waals surface area contributed by atoms with Crippen molar-refractivity contribution in [3.63, 3.8) is 0 Å². The van der Waals surface area contributed by atoms with Crippen LogP contribution < -0.4 is 10.6 Å². The highest BCUT2D eigenvalue weighted by atomic mass is 16.6. The minimum absolute atomic E-state index is 0.127. The zero-order chi connectivity index (χ0) is 21.4. The number of likely N-dealkylation sites (tertiary alicyclic amines) is 1. The van der Waals surface area contributed by atoms with Gasteiger partial charge < -0.3 is 15.0 Å². The maximum atomic E-state index is 12.4. The highest BCUT2D eigenvalue weighted by molar-refractivity contribution is 5.96. The quantitative estimate of drug-likeness (QED) is 0.657. The number of hydrogen-bond donors (Lipinski definition) is 2. The van der Waals surface area contributed by atoms with Crippen molar-refractivity contribution >= 4 is 17.7 Å². The van der Waals surface area contributed by atoms with Crippen LogP contribution in [0.1, 0.15) is 64.2 Å². The molecule has 2 N–H and O–H groups in total. The van der Waals surface area contributed by atoms with Gasteiger partial charge in [0.2, 0.25) is 0 Å². The Morgan fingerprint density at radius 1 is 1.14 bits per heavy atom. The van der Waals surface area contributed by atoms with Crippen LogP contribution in [-0.4, -0.2) is 48.7 Å². The van der Waals surface area contributed by atoms with Gasteiger partial charge in [-0.1, -0.05) is 19.9 Å². The van der Waals surface area contributed by atoms with Gasteiger partial charge in [-0.3, -0.25) is 10.1 Å². The van der Waals surface area contributed by atoms with Crippen LogP contribution in [0.15, 0.2) is 24.3 Å². The number of carbonyl (C=O) groups excluding carboxylic acids is 2. The number of carbonyl (C=O) groups is 2. The van der Waals surface area contributed by atoms with Crippen molar-refractivity contribution in [2.45, 2.75) is 59.5 Å². The number of nitrogens with one attached hydrogen (secondary N) is 2. The number of piperidine rings is 1. The summed E-state index contributed by atoms with van der Waals surface area (Å²) in [6, 6.07) is 6.89. The zero-order valence-corrected chi connectivity index (χ0v) is 18.6. The summed E-state index contributed by atoms with van der Waals surface area (Å²) in [6.45, 7) is 14.2. The molecule has 0 radical (unpaired) electrons. The minimum Gasteiger partial charge on any atom is -0.444 e. The van der Waals surface area contributed by atoms with Gasteiger partial charge in [-0.25, -0.2) is 4.79 Å². The third-order valence-corrected chi connectivity index (χ3v) is 4.90. The third kappa shape index (κ3) is 8.86. The van der Waals surface area contributed by atoms with Crippen molar-refractivity contribution < 1.29 is 14.3 Å². The first kappa shape index (κ1) is 23.2. The number of ether oxygens (including phenoxy) is 1. The molecule has 1 aliphatic heterocycles. The van der Waals surface area contributed by atoms with Crippen LogP contribution in [-0.2, 0) is 4.74 Å². The maximum absolute atomic E-state index is 12.4. The molecule has 2 rings (SSSR count). The van der Waals surface area contributed by atoms with Crippen molar-refractivity contribution in [1.29, 1.82) is 0 Å². The molecule has 6 heteroatoms. The molecule has 6 nitrogen and oxygen atoms in total. The average molecular weight is 404 g/mol. The van der Waals surface area contributed by atoms with Crippen LogP contribution in [0.4, 0.5) is 10.5 Å². The lowest BCUT2D eigenvalue weighted by molar-refractivity contribution is 0.0635. The van der Waals surface area contributed by atoms with Crippen molar-refractivity contribution in [3.05, 3.63) is 29.8 Å². The van der Waals surface area contributed by atoms with Gasteiger partial charge in [-0.2, -0.15) is 0 Å². The lowest BCUT2D eigenvalue weighted by atomic mass is 9.92. The predicted molar refractivity (Wildman–Crippen MR) is 117 cm³/mol. The molecule has 1 saturated heterocycles. The molecule has 162 valence electrons. The molecule has 1 aromatic rings. The van der Waals surface area contributed by atoms with Gasteiger partial charge >= 0.3 is 6.09 Å². The highest BCUT2D eigenvalue weighted by Gasteiger charge is 2.21. The first-order valence-electron chi connectivity index (χ1n) is 10.7. The molecule has 1 aromatic carbocycles. The van der Waals surface area contributed by atoms with Gasteiger partial charge in [0.1, 0.15) is 5.60 Å². The molecule has 2 amide bonds. The SMILES string of the molecule is CC1CC(C)CN(CCCCNC(=O)c2cccc(NC(=O)OC(C)(C)C)c2)C1. The van der Waals surface area contributed by atoms with E-state index in [-0.39, 0.29) is 5.91 Å². The Bertz CT molecular complexity index is 674. The van der Waals surface area contributed by atoms with Crippen molar-refractivity contribution in [3.8, 4) is 0 Å². The van der Waals surface area contributed by atoms with E-state index >= 15 is 0 Å². The Morgan fingerprint density at radius 3 is 2.48 bits per heavy atom. The Labute approximate surface area is 175 Å². The average Bonchev–Trinajstić information content (AvgIpc) is 2.59. The van der Waals surface area contributed by atoms with Gasteiger partial charge in [0.25, 0.3) is 5.91 Å². The fourth-order valence-corrected chi connectivity index (χ4v) is 3.90. The molecular weight excluding hydrogens is 366 g/mol. The lowest BCUT2D eigenvalue weighted by Gasteiger charge is -2.34. The van der Waals surface area contributed by atoms with E-state index in [0.29, 0.717) is 17.8 Å². The summed E-state index contributed by atoms with van der Waals surface area (Å²) in [6.07, 6.45) is 2.84. The normalized spacial score (nSPS) is 20.2. The number of benzene rings is 1. The van der Waals surface area contributed by atoms with E-state index in [1.807, 2.05) is 20.8 Å². The van der Waals surface area contributed by atoms with E-state index < -0.39 is 11.7 Å². The third-order valence-electron chi connectivity index (χ3n) is 4.90. The summed E-state index contributed by atoms with van der Waals surface area (Å²) in [5, 5.41) is 5.64. The number of unbranched alkanes of at least 4 members (excludes halogenated alkanes) is 1. The molecule has 1 fully saturated rings. The summed E-state index contributed by atoms with van der Waals surface area (Å²) < 4.78 is 5.24. The molecular formula is C23H37N3O3. The lowest BCUT2D eigenvalue weighted by Crippen LogP contribution is -2.39. The number of rotatable bonds is 7. The summed E-state index contributed by atoms with van der Waals surface area (Å²) in [7, 11) is 0. The minimum atomic E-state index is -0.566. The van der Waals surface area contributed by atoms with E-state index in [2.05, 4.69) is 29.4 Å². The van der Waals surface area contributed by atoms with Crippen LogP contribution in [0.5, 0.6) is 0 Å². The van der Waals surface area contributed by atoms with Crippen molar-refractivity contribution in [2.24, 2.45) is 11.8 Å². The van der Waals surface area contributed by atoms with Gasteiger partial charge in [0, 0.05) is 30.9 Å². The number of nitrogens with zero attached hydrogens (tertiary/aromatic N) is 1. The molecule has 2 atom stereocenters. The maximum Gasteiger partial charge on any atom is 0.412 e. The number of anilines is 1. The number of hydrogen-bond acceptors (Lipinski definition) is 4. The fourth-order valence-electron chi connectivity index (χ4n) is 3.90. The standard InChI is InChI=1S/C23H37N3O3/c1-17-13-18(2)16-26(15-17)12-7-6-11-24-21(27)19-9-8-10-20(14-19)25-22(28)29-23(3,4)5/h8-10,14,17-18H,6-7,11-13,15-16H2,1-5H3,(H,24,27)(H,25,28). The zero-order valence-electron chi connectivity index (χ0n) is 18.6. The second-order valence-electron chi connectivity index (χ2n) is 9.38. The molecule has 1 aliphatic rings. The first-order chi connectivity index (χ1) is 13.6. The second kappa shape index (κ2) is 10.6. The van der Waals surface area contributed by atoms with E-state index in [1.165, 1.54) is 19.5 Å². The summed E-state index contributed by atoms with van der Waals surface area (Å²) >= 11 is 0. The van der Waals surface area contributed by atoms with Gasteiger partial charge in [-0.15, -0.1) is 0 Å². The Kier molecular flexibility index (Phi) is 8.50. The van der Waals surface area contributed by atoms with Crippen molar-refractivity contribution in [1.82, 2.24) is 10.2 Å². The second-order valence-corrected chi connectivity index (χ2v) is 9.38. The van der Waals surface area contributed by atoms with Crippen LogP contribution in [0.2, 0.25) is 0 Å². The van der Waals surface area contributed by atoms with Crippen molar-refractivity contribution in [2.75, 3.05) is 31.5 Å².